The number of carbonyl (C=O) groups is 2. The van der Waals surface area contributed by atoms with Gasteiger partial charge in [0.1, 0.15) is 17.6 Å². The van der Waals surface area contributed by atoms with E-state index in [4.69, 9.17) is 16.3 Å². The molecular weight excluding hydrogens is 547 g/mol. The first-order chi connectivity index (χ1) is 17.3. The van der Waals surface area contributed by atoms with Crippen LogP contribution in [0.1, 0.15) is 31.4 Å². The van der Waals surface area contributed by atoms with E-state index in [1.165, 1.54) is 17.0 Å². The van der Waals surface area contributed by atoms with Crippen LogP contribution in [-0.2, 0) is 22.6 Å². The highest BCUT2D eigenvalue weighted by Gasteiger charge is 2.31. The molecule has 0 bridgehead atoms. The molecule has 0 aromatic heterocycles. The smallest absolute Gasteiger partial charge is 0.261 e. The van der Waals surface area contributed by atoms with E-state index in [-0.39, 0.29) is 36.8 Å². The monoisotopic (exact) mass is 574 g/mol. The molecule has 2 amide bonds. The standard InChI is InChI=1S/C28H29BrClFN2O3/c1-3-19(2)32-28(35)25(15-20-7-5-4-6-8-20)33(17-21-9-12-23(31)13-10-21)27(34)18-36-26-14-11-22(30)16-24(26)29/h4-14,16,19,25H,3,15,17-18H2,1-2H3,(H,32,35)/t19-,25+/m1/s1. The highest BCUT2D eigenvalue weighted by atomic mass is 79.9. The lowest BCUT2D eigenvalue weighted by atomic mass is 10.0. The molecule has 3 aromatic rings. The van der Waals surface area contributed by atoms with Gasteiger partial charge in [0.25, 0.3) is 5.91 Å². The summed E-state index contributed by atoms with van der Waals surface area (Å²) in [4.78, 5) is 28.5. The summed E-state index contributed by atoms with van der Waals surface area (Å²) in [7, 11) is 0. The predicted octanol–water partition coefficient (Wildman–Crippen LogP) is 6.18. The molecule has 3 rings (SSSR count). The zero-order chi connectivity index (χ0) is 26.1. The van der Waals surface area contributed by atoms with Gasteiger partial charge in [0.05, 0.1) is 4.47 Å². The largest absolute Gasteiger partial charge is 0.483 e. The van der Waals surface area contributed by atoms with Crippen LogP contribution in [-0.4, -0.2) is 35.4 Å². The molecule has 190 valence electrons. The lowest BCUT2D eigenvalue weighted by molar-refractivity contribution is -0.143. The molecule has 0 saturated carbocycles. The highest BCUT2D eigenvalue weighted by Crippen LogP contribution is 2.28. The Kier molecular flexibility index (Phi) is 10.3. The van der Waals surface area contributed by atoms with Crippen molar-refractivity contribution >= 4 is 39.3 Å². The molecule has 0 aliphatic carbocycles. The fraction of sp³-hybridized carbons (Fsp3) is 0.286. The molecule has 36 heavy (non-hydrogen) atoms. The van der Waals surface area contributed by atoms with Crippen molar-refractivity contribution in [1.29, 1.82) is 0 Å². The van der Waals surface area contributed by atoms with Crippen molar-refractivity contribution in [3.05, 3.63) is 99.2 Å². The van der Waals surface area contributed by atoms with Gasteiger partial charge in [-0.3, -0.25) is 9.59 Å². The van der Waals surface area contributed by atoms with Crippen LogP contribution >= 0.6 is 27.5 Å². The van der Waals surface area contributed by atoms with E-state index < -0.39 is 6.04 Å². The van der Waals surface area contributed by atoms with Crippen LogP contribution < -0.4 is 10.1 Å². The van der Waals surface area contributed by atoms with Crippen LogP contribution in [0.25, 0.3) is 0 Å². The summed E-state index contributed by atoms with van der Waals surface area (Å²) >= 11 is 9.40. The summed E-state index contributed by atoms with van der Waals surface area (Å²) in [5, 5.41) is 3.54. The van der Waals surface area contributed by atoms with Gasteiger partial charge >= 0.3 is 0 Å². The van der Waals surface area contributed by atoms with Crippen molar-refractivity contribution in [3.8, 4) is 5.75 Å². The zero-order valence-corrected chi connectivity index (χ0v) is 22.6. The van der Waals surface area contributed by atoms with Crippen LogP contribution in [0.5, 0.6) is 5.75 Å². The maximum absolute atomic E-state index is 13.6. The number of carbonyl (C=O) groups excluding carboxylic acids is 2. The number of halogens is 3. The fourth-order valence-corrected chi connectivity index (χ4v) is 4.39. The van der Waals surface area contributed by atoms with Gasteiger partial charge in [-0.05, 0) is 70.7 Å². The summed E-state index contributed by atoms with van der Waals surface area (Å²) in [6.07, 6.45) is 1.07. The second kappa shape index (κ2) is 13.4. The van der Waals surface area contributed by atoms with E-state index in [0.717, 1.165) is 12.0 Å². The van der Waals surface area contributed by atoms with Crippen LogP contribution in [0.3, 0.4) is 0 Å². The lowest BCUT2D eigenvalue weighted by Crippen LogP contribution is -2.53. The first-order valence-corrected chi connectivity index (χ1v) is 12.9. The van der Waals surface area contributed by atoms with Gasteiger partial charge in [0.2, 0.25) is 5.91 Å². The molecule has 0 aliphatic heterocycles. The van der Waals surface area contributed by atoms with E-state index in [9.17, 15) is 14.0 Å². The third-order valence-electron chi connectivity index (χ3n) is 5.78. The quantitative estimate of drug-likeness (QED) is 0.297. The Morgan fingerprint density at radius 3 is 2.39 bits per heavy atom. The third kappa shape index (κ3) is 8.07. The molecule has 0 unspecified atom stereocenters. The Bertz CT molecular complexity index is 1160. The summed E-state index contributed by atoms with van der Waals surface area (Å²) in [5.41, 5.74) is 1.62. The molecule has 0 heterocycles. The minimum Gasteiger partial charge on any atom is -0.483 e. The molecule has 0 radical (unpaired) electrons. The average Bonchev–Trinajstić information content (AvgIpc) is 2.87. The lowest BCUT2D eigenvalue weighted by Gasteiger charge is -2.32. The Morgan fingerprint density at radius 2 is 1.75 bits per heavy atom. The van der Waals surface area contributed by atoms with E-state index in [2.05, 4.69) is 21.2 Å². The average molecular weight is 576 g/mol. The second-order valence-electron chi connectivity index (χ2n) is 8.53. The summed E-state index contributed by atoms with van der Waals surface area (Å²) in [6, 6.07) is 19.6. The van der Waals surface area contributed by atoms with Crippen molar-refractivity contribution in [3.63, 3.8) is 0 Å². The highest BCUT2D eigenvalue weighted by molar-refractivity contribution is 9.10. The van der Waals surface area contributed by atoms with Crippen LogP contribution in [0.15, 0.2) is 77.3 Å². The summed E-state index contributed by atoms with van der Waals surface area (Å²) in [6.45, 7) is 3.74. The van der Waals surface area contributed by atoms with E-state index in [0.29, 0.717) is 27.2 Å². The summed E-state index contributed by atoms with van der Waals surface area (Å²) in [5.74, 6) is -0.543. The minimum atomic E-state index is -0.795. The Hall–Kier alpha value is -2.90. The normalized spacial score (nSPS) is 12.5. The molecule has 2 atom stereocenters. The maximum Gasteiger partial charge on any atom is 0.261 e. The number of hydrogen-bond acceptors (Lipinski definition) is 3. The molecule has 0 aliphatic rings. The Balaban J connectivity index is 1.91. The predicted molar refractivity (Wildman–Crippen MR) is 143 cm³/mol. The molecular formula is C28H29BrClFN2O3. The van der Waals surface area contributed by atoms with Gasteiger partial charge < -0.3 is 15.0 Å². The van der Waals surface area contributed by atoms with Crippen molar-refractivity contribution in [2.24, 2.45) is 0 Å². The van der Waals surface area contributed by atoms with Crippen molar-refractivity contribution in [2.75, 3.05) is 6.61 Å². The molecule has 8 heteroatoms. The van der Waals surface area contributed by atoms with E-state index >= 15 is 0 Å². The van der Waals surface area contributed by atoms with Crippen molar-refractivity contribution in [1.82, 2.24) is 10.2 Å². The number of nitrogens with one attached hydrogen (secondary N) is 1. The molecule has 5 nitrogen and oxygen atoms in total. The molecule has 0 fully saturated rings. The van der Waals surface area contributed by atoms with Gasteiger partial charge in [-0.25, -0.2) is 4.39 Å². The second-order valence-corrected chi connectivity index (χ2v) is 9.83. The van der Waals surface area contributed by atoms with Gasteiger partial charge in [-0.1, -0.05) is 61.0 Å². The number of ether oxygens (including phenoxy) is 1. The van der Waals surface area contributed by atoms with Crippen molar-refractivity contribution < 1.29 is 18.7 Å². The van der Waals surface area contributed by atoms with Gasteiger partial charge in [-0.15, -0.1) is 0 Å². The number of hydrogen-bond donors (Lipinski definition) is 1. The van der Waals surface area contributed by atoms with Crippen LogP contribution in [0.2, 0.25) is 5.02 Å². The number of nitrogens with zero attached hydrogens (tertiary/aromatic N) is 1. The molecule has 1 N–H and O–H groups in total. The fourth-order valence-electron chi connectivity index (χ4n) is 3.60. The van der Waals surface area contributed by atoms with E-state index in [1.54, 1.807) is 30.3 Å². The molecule has 0 saturated heterocycles. The van der Waals surface area contributed by atoms with Gasteiger partial charge in [0, 0.05) is 24.0 Å². The molecule has 0 spiro atoms. The van der Waals surface area contributed by atoms with Crippen LogP contribution in [0.4, 0.5) is 4.39 Å². The first-order valence-electron chi connectivity index (χ1n) is 11.7. The maximum atomic E-state index is 13.6. The van der Waals surface area contributed by atoms with Crippen LogP contribution in [0, 0.1) is 5.82 Å². The van der Waals surface area contributed by atoms with E-state index in [1.807, 2.05) is 44.2 Å². The third-order valence-corrected chi connectivity index (χ3v) is 6.64. The Morgan fingerprint density at radius 1 is 1.06 bits per heavy atom. The Labute approximate surface area is 224 Å². The summed E-state index contributed by atoms with van der Waals surface area (Å²) < 4.78 is 19.9. The molecule has 3 aromatic carbocycles. The van der Waals surface area contributed by atoms with Gasteiger partial charge in [-0.2, -0.15) is 0 Å². The topological polar surface area (TPSA) is 58.6 Å². The zero-order valence-electron chi connectivity index (χ0n) is 20.2. The van der Waals surface area contributed by atoms with Gasteiger partial charge in [0.15, 0.2) is 6.61 Å². The first kappa shape index (κ1) is 27.7. The minimum absolute atomic E-state index is 0.0557. The number of rotatable bonds is 11. The van der Waals surface area contributed by atoms with Crippen molar-refractivity contribution in [2.45, 2.75) is 45.3 Å². The number of benzene rings is 3. The number of amides is 2. The SMILES string of the molecule is CC[C@@H](C)NC(=O)[C@H](Cc1ccccc1)N(Cc1ccc(F)cc1)C(=O)COc1ccc(Cl)cc1Br.